The molecule has 2 N–H and O–H groups in total. The number of hydrogen-bond donors (Lipinski definition) is 2. The first kappa shape index (κ1) is 111. The Bertz CT molecular complexity index is 7870. The smallest absolute Gasteiger partial charge is 0.194 e. The Balaban J connectivity index is 0.000000172. The Morgan fingerprint density at radius 2 is 0.681 bits per heavy atom. The summed E-state index contributed by atoms with van der Waals surface area (Å²) in [5.41, 5.74) is 31.1. The number of carbonyl (C=O) groups is 3. The predicted octanol–water partition coefficient (Wildman–Crippen LogP) is 31.5. The van der Waals surface area contributed by atoms with E-state index >= 15 is 0 Å². The molecule has 0 aliphatic carbocycles. The van der Waals surface area contributed by atoms with Crippen LogP contribution in [0.5, 0.6) is 0 Å². The summed E-state index contributed by atoms with van der Waals surface area (Å²) in [4.78, 5) is 60.4. The van der Waals surface area contributed by atoms with Crippen LogP contribution >= 0.6 is 0 Å². The van der Waals surface area contributed by atoms with E-state index in [1.165, 1.54) is 108 Å². The van der Waals surface area contributed by atoms with E-state index in [-0.39, 0.29) is 121 Å². The number of halogens is 2. The minimum absolute atomic E-state index is 0. The number of para-hydroxylation sites is 5. The molecule has 0 atom stereocenters. The molecule has 6 aromatic heterocycles. The van der Waals surface area contributed by atoms with Crippen molar-refractivity contribution in [2.45, 2.75) is 69.2 Å². The van der Waals surface area contributed by atoms with Crippen molar-refractivity contribution in [2.24, 2.45) is 0 Å². The van der Waals surface area contributed by atoms with Crippen LogP contribution in [0.2, 0.25) is 0 Å². The standard InChI is InChI=1S/C23H17FN.C22H15FN.C22H16N.C18H12NO.C17H14N.C15H10N.2C5H8O2.4Ir/c1-15-7-8-16(2)20(13-15)23-14-21(17-9-11-18(24)12-10-17)19-5-3-4-6-22(19)25-23;1-15-6-8-17(9-7-15)22-14-20(16-10-12-18(23)13-11-16)19-4-2-3-5-21(19)24-22;1-16-11-13-18(14-12-16)22-15-20(17-7-3-2-4-8-17)19-9-5-6-10-21(19)23-22;20-18(15-9-5-2-6-10-15)16-11-12-17(19-13-16)14-7-3-1-4-8-14;1-12-9-13(2)11-15(10-12)17-8-7-14-5-3-4-6-16(14)18-17;1-2-6-12(7-3-1)15-11-10-13-8-4-5-9-14(13)16-15;2*1-4(6)3-5(2)7;;;;/h3-12,14H,1-2H3;2-8,10-14H,1H3;2-13,15H,1H3;1-7,9-13H;3-10H,1-2H3;1-6,8-11H;2*3,6H,1-2H3;;;;/q6*-1;;;;;;. The van der Waals surface area contributed by atoms with Crippen LogP contribution in [0, 0.1) is 89.6 Å². The third-order valence-electron chi connectivity index (χ3n) is 22.1. The molecule has 0 unspecified atom stereocenters. The first-order valence-corrected chi connectivity index (χ1v) is 45.6. The fourth-order valence-corrected chi connectivity index (χ4v) is 15.4. The van der Waals surface area contributed by atoms with Gasteiger partial charge in [-0.25, -0.2) is 8.78 Å². The normalized spacial score (nSPS) is 10.5. The van der Waals surface area contributed by atoms with Gasteiger partial charge in [0.15, 0.2) is 17.3 Å². The van der Waals surface area contributed by atoms with Gasteiger partial charge in [0.05, 0.1) is 39.1 Å². The molecule has 0 saturated heterocycles. The molecule has 21 aromatic rings. The van der Waals surface area contributed by atoms with Gasteiger partial charge in [-0.2, -0.15) is 0 Å². The summed E-state index contributed by atoms with van der Waals surface area (Å²) in [5, 5.41) is 22.4. The Kier molecular flexibility index (Phi) is 42.3. The van der Waals surface area contributed by atoms with Crippen LogP contribution in [0.1, 0.15) is 77.0 Å². The van der Waals surface area contributed by atoms with Crippen LogP contribution in [0.15, 0.2) is 424 Å². The van der Waals surface area contributed by atoms with Gasteiger partial charge in [0.1, 0.15) is 11.6 Å². The zero-order valence-corrected chi connectivity index (χ0v) is 90.2. The molecule has 0 aliphatic heterocycles. The van der Waals surface area contributed by atoms with Crippen LogP contribution in [-0.2, 0) is 90.0 Å². The summed E-state index contributed by atoms with van der Waals surface area (Å²) in [6.07, 6.45) is 3.95. The van der Waals surface area contributed by atoms with E-state index in [0.717, 1.165) is 145 Å². The predicted molar refractivity (Wildman–Crippen MR) is 567 cm³/mol. The molecule has 144 heavy (non-hydrogen) atoms. The van der Waals surface area contributed by atoms with Crippen LogP contribution in [0.25, 0.3) is 155 Å². The summed E-state index contributed by atoms with van der Waals surface area (Å²) in [7, 11) is 0. The summed E-state index contributed by atoms with van der Waals surface area (Å²) in [6.45, 7) is 18.1. The van der Waals surface area contributed by atoms with Gasteiger partial charge in [-0.3, -0.25) is 39.3 Å². The number of aromatic nitrogens is 6. The van der Waals surface area contributed by atoms with Crippen molar-refractivity contribution in [3.8, 4) is 101 Å². The van der Waals surface area contributed by atoms with E-state index in [2.05, 4.69) is 214 Å². The Hall–Kier alpha value is -15.0. The molecule has 0 spiro atoms. The van der Waals surface area contributed by atoms with Gasteiger partial charge in [-0.15, -0.1) is 212 Å². The van der Waals surface area contributed by atoms with Crippen molar-refractivity contribution in [3.63, 3.8) is 0 Å². The molecule has 0 saturated carbocycles. The number of rotatable bonds is 13. The third kappa shape index (κ3) is 31.5. The molecular formula is C127H100F2Ir4N6O5-6. The Morgan fingerprint density at radius 3 is 1.09 bits per heavy atom. The molecule has 0 amide bonds. The monoisotopic (exact) mass is 2600 g/mol. The van der Waals surface area contributed by atoms with Crippen molar-refractivity contribution in [2.75, 3.05) is 0 Å². The minimum Gasteiger partial charge on any atom is -0.512 e. The van der Waals surface area contributed by atoms with Gasteiger partial charge in [-0.1, -0.05) is 272 Å². The van der Waals surface area contributed by atoms with Crippen LogP contribution < -0.4 is 0 Å². The molecule has 0 bridgehead atoms. The van der Waals surface area contributed by atoms with E-state index in [9.17, 15) is 23.2 Å². The summed E-state index contributed by atoms with van der Waals surface area (Å²) in [5.74, 6) is -0.601. The molecule has 0 aliphatic rings. The molecule has 11 nitrogen and oxygen atoms in total. The fourth-order valence-electron chi connectivity index (χ4n) is 15.4. The summed E-state index contributed by atoms with van der Waals surface area (Å²) >= 11 is 0. The molecule has 15 aromatic carbocycles. The van der Waals surface area contributed by atoms with Gasteiger partial charge in [0, 0.05) is 126 Å². The number of nitrogens with zero attached hydrogens (tertiary/aromatic N) is 6. The number of carbonyl (C=O) groups excluding carboxylic acids is 3. The van der Waals surface area contributed by atoms with Gasteiger partial charge in [-0.05, 0) is 161 Å². The third-order valence-corrected chi connectivity index (χ3v) is 22.1. The number of aryl methyl sites for hydroxylation is 6. The molecule has 724 valence electrons. The van der Waals surface area contributed by atoms with Crippen molar-refractivity contribution in [1.82, 2.24) is 29.9 Å². The average molecular weight is 2600 g/mol. The number of fused-ring (bicyclic) bond motifs is 5. The van der Waals surface area contributed by atoms with Crippen molar-refractivity contribution in [3.05, 3.63) is 517 Å². The zero-order valence-electron chi connectivity index (χ0n) is 80.7. The van der Waals surface area contributed by atoms with Crippen molar-refractivity contribution >= 4 is 71.9 Å². The van der Waals surface area contributed by atoms with E-state index in [1.807, 2.05) is 214 Å². The fraction of sp³-hybridized carbons (Fsp3) is 0.0787. The average Bonchev–Trinajstić information content (AvgIpc) is 0.790. The number of pyridine rings is 6. The maximum atomic E-state index is 13.3. The van der Waals surface area contributed by atoms with E-state index in [1.54, 1.807) is 36.5 Å². The topological polar surface area (TPSA) is 169 Å². The molecule has 17 heteroatoms. The second kappa shape index (κ2) is 54.9. The number of aliphatic hydroxyl groups is 2. The van der Waals surface area contributed by atoms with E-state index in [4.69, 9.17) is 30.1 Å². The zero-order chi connectivity index (χ0) is 98.4. The molecule has 0 fully saturated rings. The Labute approximate surface area is 894 Å². The number of hydrogen-bond acceptors (Lipinski definition) is 11. The molecule has 21 rings (SSSR count). The first-order chi connectivity index (χ1) is 67.9. The maximum Gasteiger partial charge on any atom is 0.194 e. The second-order valence-electron chi connectivity index (χ2n) is 33.4. The number of aliphatic hydroxyl groups excluding tert-OH is 2. The van der Waals surface area contributed by atoms with Gasteiger partial charge < -0.3 is 15.2 Å². The Morgan fingerprint density at radius 1 is 0.299 bits per heavy atom. The van der Waals surface area contributed by atoms with Crippen LogP contribution in [0.3, 0.4) is 0 Å². The first-order valence-electron chi connectivity index (χ1n) is 45.6. The number of benzene rings is 15. The molecular weight excluding hydrogens is 2500 g/mol. The van der Waals surface area contributed by atoms with E-state index < -0.39 is 0 Å². The quantitative estimate of drug-likeness (QED) is 0.0488. The summed E-state index contributed by atoms with van der Waals surface area (Å²) in [6, 6.07) is 148. The largest absolute Gasteiger partial charge is 0.512 e. The number of ketones is 3. The van der Waals surface area contributed by atoms with Gasteiger partial charge in [0.2, 0.25) is 0 Å². The minimum atomic E-state index is -0.232. The molecule has 4 radical (unpaired) electrons. The SMILES string of the molecule is CC(=O)C=C(C)O.CC(=O)C=C(C)O.Cc1[c-]c(-c2cc(-c3ccc(F)cc3)c3ccccc3n2)c(C)cc1.Cc1[c-]c(-c2ccc3ccccc3n2)cc(C)c1.Cc1c[c-]c(-c2cc(-c3ccc(F)cc3)c3ccccc3n2)cc1.Cc1c[c-]c(-c2cc(-c3ccccc3)c3ccccc3n2)cc1.O=C(c1ccccc1)c1ccc(-c2[c-]cccc2)nc1.[Ir].[Ir].[Ir].[Ir].[c-]1ccccc1-c1ccc2ccccc2n1. The maximum absolute atomic E-state index is 13.3. The second-order valence-corrected chi connectivity index (χ2v) is 33.4. The molecule has 6 heterocycles. The number of allylic oxidation sites excluding steroid dienone is 4. The van der Waals surface area contributed by atoms with Crippen LogP contribution in [-0.4, -0.2) is 57.5 Å². The van der Waals surface area contributed by atoms with Crippen molar-refractivity contribution in [1.29, 1.82) is 0 Å². The van der Waals surface area contributed by atoms with E-state index in [0.29, 0.717) is 11.1 Å². The van der Waals surface area contributed by atoms with Crippen LogP contribution in [0.4, 0.5) is 8.78 Å². The van der Waals surface area contributed by atoms with Crippen molar-refractivity contribution < 1.29 is 114 Å². The van der Waals surface area contributed by atoms with Gasteiger partial charge in [0.25, 0.3) is 0 Å². The summed E-state index contributed by atoms with van der Waals surface area (Å²) < 4.78 is 26.6. The van der Waals surface area contributed by atoms with Gasteiger partial charge >= 0.3 is 0 Å².